The zero-order chi connectivity index (χ0) is 15.6. The largest absolute Gasteiger partial charge is 0.247 e. The number of pyridine rings is 1. The second kappa shape index (κ2) is 5.69. The van der Waals surface area contributed by atoms with Crippen LogP contribution in [0.4, 0.5) is 0 Å². The van der Waals surface area contributed by atoms with Gasteiger partial charge in [-0.3, -0.25) is 0 Å². The van der Waals surface area contributed by atoms with Gasteiger partial charge in [0.1, 0.15) is 0 Å². The van der Waals surface area contributed by atoms with Gasteiger partial charge in [-0.25, -0.2) is 4.98 Å². The van der Waals surface area contributed by atoms with E-state index in [0.29, 0.717) is 0 Å². The summed E-state index contributed by atoms with van der Waals surface area (Å²) in [4.78, 5) is 4.93. The van der Waals surface area contributed by atoms with Gasteiger partial charge in [0.25, 0.3) is 0 Å². The van der Waals surface area contributed by atoms with Crippen LogP contribution < -0.4 is 0 Å². The van der Waals surface area contributed by atoms with Gasteiger partial charge in [-0.15, -0.1) is 0 Å². The Morgan fingerprint density at radius 2 is 1.48 bits per heavy atom. The highest BCUT2D eigenvalue weighted by Crippen LogP contribution is 2.26. The van der Waals surface area contributed by atoms with Crippen molar-refractivity contribution < 1.29 is 0 Å². The first-order chi connectivity index (χ1) is 11.3. The molecule has 0 saturated heterocycles. The van der Waals surface area contributed by atoms with Gasteiger partial charge in [-0.1, -0.05) is 72.8 Å². The van der Waals surface area contributed by atoms with Gasteiger partial charge in [-0.05, 0) is 35.6 Å². The van der Waals surface area contributed by atoms with Crippen molar-refractivity contribution in [3.05, 3.63) is 89.6 Å². The maximum Gasteiger partial charge on any atom is 0.0787 e. The summed E-state index contributed by atoms with van der Waals surface area (Å²) in [6, 6.07) is 25.3. The first-order valence-corrected chi connectivity index (χ1v) is 7.83. The van der Waals surface area contributed by atoms with Gasteiger partial charge >= 0.3 is 0 Å². The lowest BCUT2D eigenvalue weighted by molar-refractivity contribution is 1.30. The Balaban J connectivity index is 1.88. The topological polar surface area (TPSA) is 12.9 Å². The number of aromatic nitrogens is 1. The smallest absolute Gasteiger partial charge is 0.0787 e. The minimum atomic E-state index is 1.03. The SMILES string of the molecule is Cc1cc2ccc3ccccc3c2nc1/C=C/c1ccccc1. The fourth-order valence-electron chi connectivity index (χ4n) is 2.94. The van der Waals surface area contributed by atoms with E-state index in [-0.39, 0.29) is 0 Å². The Kier molecular flexibility index (Phi) is 3.39. The zero-order valence-electron chi connectivity index (χ0n) is 13.0. The molecule has 110 valence electrons. The molecular weight excluding hydrogens is 278 g/mol. The van der Waals surface area contributed by atoms with Crippen LogP contribution in [0.15, 0.2) is 72.8 Å². The van der Waals surface area contributed by atoms with Crippen LogP contribution in [0.5, 0.6) is 0 Å². The predicted octanol–water partition coefficient (Wildman–Crippen LogP) is 5.87. The summed E-state index contributed by atoms with van der Waals surface area (Å²) >= 11 is 0. The maximum atomic E-state index is 4.93. The van der Waals surface area contributed by atoms with Crippen LogP contribution in [0.25, 0.3) is 33.8 Å². The zero-order valence-corrected chi connectivity index (χ0v) is 13.0. The molecule has 0 spiro atoms. The molecule has 4 aromatic rings. The van der Waals surface area contributed by atoms with Crippen molar-refractivity contribution >= 4 is 33.8 Å². The van der Waals surface area contributed by atoms with E-state index in [1.807, 2.05) is 18.2 Å². The lowest BCUT2D eigenvalue weighted by Crippen LogP contribution is -1.90. The molecule has 3 aromatic carbocycles. The van der Waals surface area contributed by atoms with E-state index in [0.717, 1.165) is 11.2 Å². The summed E-state index contributed by atoms with van der Waals surface area (Å²) in [6.45, 7) is 2.12. The molecule has 0 amide bonds. The number of rotatable bonds is 2. The second-order valence-corrected chi connectivity index (χ2v) is 5.79. The van der Waals surface area contributed by atoms with Gasteiger partial charge < -0.3 is 0 Å². The van der Waals surface area contributed by atoms with E-state index >= 15 is 0 Å². The normalized spacial score (nSPS) is 11.5. The molecular formula is C22H17N. The highest BCUT2D eigenvalue weighted by Gasteiger charge is 2.05. The summed E-state index contributed by atoms with van der Waals surface area (Å²) in [6.07, 6.45) is 4.22. The maximum absolute atomic E-state index is 4.93. The summed E-state index contributed by atoms with van der Waals surface area (Å²) in [5, 5.41) is 3.63. The molecule has 0 unspecified atom stereocenters. The summed E-state index contributed by atoms with van der Waals surface area (Å²) in [7, 11) is 0. The molecule has 0 saturated carbocycles. The molecule has 0 N–H and O–H groups in total. The fourth-order valence-corrected chi connectivity index (χ4v) is 2.94. The van der Waals surface area contributed by atoms with E-state index in [2.05, 4.69) is 73.7 Å². The van der Waals surface area contributed by atoms with Crippen molar-refractivity contribution in [2.45, 2.75) is 6.92 Å². The quantitative estimate of drug-likeness (QED) is 0.422. The molecule has 0 fully saturated rings. The Bertz CT molecular complexity index is 1010. The fraction of sp³-hybridized carbons (Fsp3) is 0.0455. The van der Waals surface area contributed by atoms with Gasteiger partial charge in [0.05, 0.1) is 11.2 Å². The molecule has 4 rings (SSSR count). The van der Waals surface area contributed by atoms with Crippen molar-refractivity contribution in [1.82, 2.24) is 4.98 Å². The lowest BCUT2D eigenvalue weighted by Gasteiger charge is -2.07. The van der Waals surface area contributed by atoms with Crippen LogP contribution in [0.2, 0.25) is 0 Å². The number of benzene rings is 3. The monoisotopic (exact) mass is 295 g/mol. The van der Waals surface area contributed by atoms with Crippen LogP contribution in [-0.4, -0.2) is 4.98 Å². The van der Waals surface area contributed by atoms with E-state index in [9.17, 15) is 0 Å². The Morgan fingerprint density at radius 1 is 0.739 bits per heavy atom. The third-order valence-electron chi connectivity index (χ3n) is 4.17. The highest BCUT2D eigenvalue weighted by molar-refractivity contribution is 6.05. The third-order valence-corrected chi connectivity index (χ3v) is 4.17. The first kappa shape index (κ1) is 13.7. The molecule has 23 heavy (non-hydrogen) atoms. The Labute approximate surface area is 135 Å². The lowest BCUT2D eigenvalue weighted by atomic mass is 10.0. The van der Waals surface area contributed by atoms with Crippen molar-refractivity contribution in [2.75, 3.05) is 0 Å². The molecule has 1 nitrogen and oxygen atoms in total. The van der Waals surface area contributed by atoms with E-state index in [1.54, 1.807) is 0 Å². The number of hydrogen-bond donors (Lipinski definition) is 0. The van der Waals surface area contributed by atoms with E-state index in [4.69, 9.17) is 4.98 Å². The second-order valence-electron chi connectivity index (χ2n) is 5.79. The molecule has 0 atom stereocenters. The molecule has 0 aliphatic rings. The minimum Gasteiger partial charge on any atom is -0.247 e. The summed E-state index contributed by atoms with van der Waals surface area (Å²) in [5.41, 5.74) is 4.48. The van der Waals surface area contributed by atoms with Gasteiger partial charge in [0.15, 0.2) is 0 Å². The van der Waals surface area contributed by atoms with Crippen LogP contribution in [0.1, 0.15) is 16.8 Å². The standard InChI is InChI=1S/C22H17N/c1-16-15-19-13-12-18-9-5-6-10-20(18)22(19)23-21(16)14-11-17-7-3-2-4-8-17/h2-15H,1H3/b14-11+. The molecule has 1 heteroatoms. The Morgan fingerprint density at radius 3 is 2.35 bits per heavy atom. The van der Waals surface area contributed by atoms with Crippen LogP contribution in [0, 0.1) is 6.92 Å². The van der Waals surface area contributed by atoms with Crippen molar-refractivity contribution in [1.29, 1.82) is 0 Å². The summed E-state index contributed by atoms with van der Waals surface area (Å²) < 4.78 is 0. The number of hydrogen-bond acceptors (Lipinski definition) is 1. The van der Waals surface area contributed by atoms with Crippen LogP contribution in [-0.2, 0) is 0 Å². The predicted molar refractivity (Wildman–Crippen MR) is 99.4 cm³/mol. The van der Waals surface area contributed by atoms with Gasteiger partial charge in [0.2, 0.25) is 0 Å². The molecule has 0 aliphatic heterocycles. The van der Waals surface area contributed by atoms with E-state index < -0.39 is 0 Å². The molecule has 0 aliphatic carbocycles. The van der Waals surface area contributed by atoms with Gasteiger partial charge in [-0.2, -0.15) is 0 Å². The molecule has 1 aromatic heterocycles. The Hall–Kier alpha value is -2.93. The molecule has 0 bridgehead atoms. The number of fused-ring (bicyclic) bond motifs is 3. The van der Waals surface area contributed by atoms with Crippen molar-refractivity contribution in [3.8, 4) is 0 Å². The van der Waals surface area contributed by atoms with E-state index in [1.165, 1.54) is 27.3 Å². The van der Waals surface area contributed by atoms with Crippen LogP contribution in [0.3, 0.4) is 0 Å². The van der Waals surface area contributed by atoms with Crippen LogP contribution >= 0.6 is 0 Å². The first-order valence-electron chi connectivity index (χ1n) is 7.83. The summed E-state index contributed by atoms with van der Waals surface area (Å²) in [5.74, 6) is 0. The molecule has 0 radical (unpaired) electrons. The number of aryl methyl sites for hydroxylation is 1. The number of nitrogens with zero attached hydrogens (tertiary/aromatic N) is 1. The molecule has 1 heterocycles. The highest BCUT2D eigenvalue weighted by atomic mass is 14.7. The van der Waals surface area contributed by atoms with Crippen molar-refractivity contribution in [2.24, 2.45) is 0 Å². The average Bonchev–Trinajstić information content (AvgIpc) is 2.61. The van der Waals surface area contributed by atoms with Crippen molar-refractivity contribution in [3.63, 3.8) is 0 Å². The third kappa shape index (κ3) is 2.62. The minimum absolute atomic E-state index is 1.03. The average molecular weight is 295 g/mol. The van der Waals surface area contributed by atoms with Gasteiger partial charge in [0, 0.05) is 10.8 Å².